The van der Waals surface area contributed by atoms with Crippen LogP contribution in [0.25, 0.3) is 0 Å². The van der Waals surface area contributed by atoms with E-state index in [0.29, 0.717) is 6.10 Å². The summed E-state index contributed by atoms with van der Waals surface area (Å²) in [6.07, 6.45) is 3.23. The van der Waals surface area contributed by atoms with E-state index in [1.807, 2.05) is 0 Å². The van der Waals surface area contributed by atoms with E-state index >= 15 is 0 Å². The molecule has 3 fully saturated rings. The van der Waals surface area contributed by atoms with Gasteiger partial charge in [0.25, 0.3) is 0 Å². The van der Waals surface area contributed by atoms with Gasteiger partial charge in [0.2, 0.25) is 0 Å². The zero-order valence-electron chi connectivity index (χ0n) is 13.6. The van der Waals surface area contributed by atoms with Crippen LogP contribution in [0.2, 0.25) is 4.34 Å². The van der Waals surface area contributed by atoms with Crippen LogP contribution in [0.5, 0.6) is 0 Å². The van der Waals surface area contributed by atoms with Gasteiger partial charge in [-0.3, -0.25) is 4.90 Å². The van der Waals surface area contributed by atoms with Crippen molar-refractivity contribution in [2.45, 2.75) is 18.9 Å². The molecular weight excluding hydrogens is 330 g/mol. The van der Waals surface area contributed by atoms with Crippen molar-refractivity contribution in [3.63, 3.8) is 0 Å². The van der Waals surface area contributed by atoms with Gasteiger partial charge in [-0.05, 0) is 24.8 Å². The maximum Gasteiger partial charge on any atom is 0.0949 e. The first kappa shape index (κ1) is 16.2. The molecule has 3 heterocycles. The lowest BCUT2D eigenvalue weighted by Gasteiger charge is -2.39. The van der Waals surface area contributed by atoms with Crippen LogP contribution >= 0.6 is 22.9 Å². The van der Waals surface area contributed by atoms with Gasteiger partial charge in [0.05, 0.1) is 17.0 Å². The highest BCUT2D eigenvalue weighted by Gasteiger charge is 2.28. The molecule has 2 aliphatic heterocycles. The average Bonchev–Trinajstić information content (AvgIpc) is 3.27. The lowest BCUT2D eigenvalue weighted by atomic mass is 10.2. The summed E-state index contributed by atoms with van der Waals surface area (Å²) in [5, 5.41) is 2.15. The van der Waals surface area contributed by atoms with E-state index in [0.717, 1.165) is 36.5 Å². The van der Waals surface area contributed by atoms with Gasteiger partial charge >= 0.3 is 0 Å². The molecule has 0 aromatic carbocycles. The van der Waals surface area contributed by atoms with Crippen molar-refractivity contribution in [3.8, 4) is 0 Å². The normalized spacial score (nSPS) is 27.5. The van der Waals surface area contributed by atoms with E-state index in [9.17, 15) is 0 Å². The quantitative estimate of drug-likeness (QED) is 0.808. The summed E-state index contributed by atoms with van der Waals surface area (Å²) >= 11 is 7.69. The lowest BCUT2D eigenvalue weighted by molar-refractivity contribution is 0.00456. The molecule has 3 aliphatic rings. The Balaban J connectivity index is 1.24. The number of piperazine rings is 1. The van der Waals surface area contributed by atoms with Gasteiger partial charge in [0.15, 0.2) is 0 Å². The van der Waals surface area contributed by atoms with Gasteiger partial charge < -0.3 is 14.5 Å². The number of halogens is 1. The molecule has 4 nitrogen and oxygen atoms in total. The van der Waals surface area contributed by atoms with E-state index in [1.165, 1.54) is 51.3 Å². The molecule has 0 amide bonds. The third-order valence-corrected chi connectivity index (χ3v) is 6.28. The summed E-state index contributed by atoms with van der Waals surface area (Å²) in [4.78, 5) is 7.65. The van der Waals surface area contributed by atoms with Crippen molar-refractivity contribution in [1.82, 2.24) is 9.80 Å². The Morgan fingerprint density at radius 3 is 2.48 bits per heavy atom. The molecule has 4 rings (SSSR count). The average molecular weight is 356 g/mol. The highest BCUT2D eigenvalue weighted by Crippen LogP contribution is 2.30. The first-order valence-corrected chi connectivity index (χ1v) is 10.1. The molecule has 0 radical (unpaired) electrons. The molecule has 23 heavy (non-hydrogen) atoms. The van der Waals surface area contributed by atoms with Crippen molar-refractivity contribution in [3.05, 3.63) is 15.8 Å². The van der Waals surface area contributed by atoms with Crippen LogP contribution in [0, 0.1) is 5.92 Å². The third kappa shape index (κ3) is 4.40. The summed E-state index contributed by atoms with van der Waals surface area (Å²) in [6.45, 7) is 10.0. The second kappa shape index (κ2) is 7.28. The van der Waals surface area contributed by atoms with Crippen molar-refractivity contribution in [2.24, 2.45) is 5.92 Å². The Morgan fingerprint density at radius 2 is 1.83 bits per heavy atom. The molecule has 0 bridgehead atoms. The summed E-state index contributed by atoms with van der Waals surface area (Å²) in [6, 6.07) is 2.07. The van der Waals surface area contributed by atoms with Crippen LogP contribution in [0.4, 0.5) is 5.69 Å². The molecule has 1 aromatic rings. The van der Waals surface area contributed by atoms with E-state index in [2.05, 4.69) is 26.1 Å². The fourth-order valence-electron chi connectivity index (χ4n) is 3.64. The van der Waals surface area contributed by atoms with Crippen LogP contribution in [0.1, 0.15) is 12.8 Å². The maximum atomic E-state index is 6.07. The van der Waals surface area contributed by atoms with Gasteiger partial charge in [0, 0.05) is 63.4 Å². The molecule has 0 N–H and O–H groups in total. The monoisotopic (exact) mass is 355 g/mol. The Labute approximate surface area is 147 Å². The van der Waals surface area contributed by atoms with Crippen molar-refractivity contribution in [2.75, 3.05) is 63.9 Å². The molecule has 6 heteroatoms. The zero-order chi connectivity index (χ0) is 15.6. The van der Waals surface area contributed by atoms with Gasteiger partial charge in [0.1, 0.15) is 0 Å². The number of ether oxygens (including phenoxy) is 1. The van der Waals surface area contributed by atoms with E-state index < -0.39 is 0 Å². The fraction of sp³-hybridized carbons (Fsp3) is 0.765. The van der Waals surface area contributed by atoms with Crippen molar-refractivity contribution >= 4 is 28.6 Å². The topological polar surface area (TPSA) is 19.0 Å². The SMILES string of the molecule is Clc1cc(N2CCOC(CN3CCN(CC4CC4)CC3)C2)cs1. The maximum absolute atomic E-state index is 6.07. The lowest BCUT2D eigenvalue weighted by Crippen LogP contribution is -2.52. The molecule has 1 atom stereocenters. The Kier molecular flexibility index (Phi) is 5.11. The highest BCUT2D eigenvalue weighted by molar-refractivity contribution is 7.14. The first-order valence-electron chi connectivity index (χ1n) is 8.81. The Hall–Kier alpha value is -0.330. The van der Waals surface area contributed by atoms with Gasteiger partial charge in [-0.1, -0.05) is 11.6 Å². The molecule has 2 saturated heterocycles. The highest BCUT2D eigenvalue weighted by atomic mass is 35.5. The van der Waals surface area contributed by atoms with Crippen molar-refractivity contribution in [1.29, 1.82) is 0 Å². The van der Waals surface area contributed by atoms with Crippen LogP contribution in [0.3, 0.4) is 0 Å². The van der Waals surface area contributed by atoms with Crippen LogP contribution in [-0.4, -0.2) is 74.9 Å². The van der Waals surface area contributed by atoms with Crippen molar-refractivity contribution < 1.29 is 4.74 Å². The number of anilines is 1. The van der Waals surface area contributed by atoms with Crippen LogP contribution in [0.15, 0.2) is 11.4 Å². The van der Waals surface area contributed by atoms with Crippen LogP contribution in [-0.2, 0) is 4.74 Å². The molecule has 1 aromatic heterocycles. The Morgan fingerprint density at radius 1 is 1.09 bits per heavy atom. The summed E-state index contributed by atoms with van der Waals surface area (Å²) in [7, 11) is 0. The molecule has 128 valence electrons. The minimum atomic E-state index is 0.317. The van der Waals surface area contributed by atoms with Gasteiger partial charge in [-0.15, -0.1) is 11.3 Å². The predicted octanol–water partition coefficient (Wildman–Crippen LogP) is 2.63. The summed E-state index contributed by atoms with van der Waals surface area (Å²) in [5.41, 5.74) is 1.25. The summed E-state index contributed by atoms with van der Waals surface area (Å²) in [5.74, 6) is 1.01. The summed E-state index contributed by atoms with van der Waals surface area (Å²) < 4.78 is 6.88. The molecule has 1 saturated carbocycles. The van der Waals surface area contributed by atoms with Crippen LogP contribution < -0.4 is 4.90 Å². The molecule has 1 aliphatic carbocycles. The predicted molar refractivity (Wildman–Crippen MR) is 96.9 cm³/mol. The minimum absolute atomic E-state index is 0.317. The standard InChI is InChI=1S/C17H26ClN3OS/c18-17-9-15(13-23-17)21-7-8-22-16(12-21)11-20-5-3-19(4-6-20)10-14-1-2-14/h9,13-14,16H,1-8,10-12H2. The second-order valence-electron chi connectivity index (χ2n) is 7.09. The number of morpholine rings is 1. The Bertz CT molecular complexity index is 514. The van der Waals surface area contributed by atoms with E-state index in [1.54, 1.807) is 11.3 Å². The number of hydrogen-bond donors (Lipinski definition) is 0. The first-order chi connectivity index (χ1) is 11.3. The van der Waals surface area contributed by atoms with E-state index in [-0.39, 0.29) is 0 Å². The zero-order valence-corrected chi connectivity index (χ0v) is 15.2. The van der Waals surface area contributed by atoms with E-state index in [4.69, 9.17) is 16.3 Å². The number of nitrogens with zero attached hydrogens (tertiary/aromatic N) is 3. The second-order valence-corrected chi connectivity index (χ2v) is 8.63. The number of thiophene rings is 1. The van der Waals surface area contributed by atoms with Gasteiger partial charge in [-0.2, -0.15) is 0 Å². The third-order valence-electron chi connectivity index (χ3n) is 5.20. The minimum Gasteiger partial charge on any atom is -0.373 e. The van der Waals surface area contributed by atoms with Gasteiger partial charge in [-0.25, -0.2) is 0 Å². The number of hydrogen-bond acceptors (Lipinski definition) is 5. The molecule has 0 spiro atoms. The number of rotatable bonds is 5. The molecular formula is C17H26ClN3OS. The molecule has 1 unspecified atom stereocenters. The smallest absolute Gasteiger partial charge is 0.0949 e. The largest absolute Gasteiger partial charge is 0.373 e. The fourth-order valence-corrected chi connectivity index (χ4v) is 4.52.